The highest BCUT2D eigenvalue weighted by atomic mass is 35.5. The Morgan fingerprint density at radius 2 is 1.56 bits per heavy atom. The second kappa shape index (κ2) is 9.07. The number of piperidine rings is 1. The number of hydrogen-bond acceptors (Lipinski definition) is 2. The highest BCUT2D eigenvalue weighted by Crippen LogP contribution is 2.25. The van der Waals surface area contributed by atoms with Crippen LogP contribution in [0.1, 0.15) is 38.2 Å². The number of likely N-dealkylation sites (tertiary alicyclic amines) is 1. The molecule has 0 unspecified atom stereocenters. The first-order valence-corrected chi connectivity index (χ1v) is 9.51. The SMILES string of the molecule is CC(=CCCN1CCCCC1)c1ccc(Oc2ccc(Cl)cc2)cc1. The molecule has 0 spiro atoms. The predicted octanol–water partition coefficient (Wildman–Crippen LogP) is 6.41. The average molecular weight is 356 g/mol. The third-order valence-electron chi connectivity index (χ3n) is 4.70. The van der Waals surface area contributed by atoms with Gasteiger partial charge in [-0.2, -0.15) is 0 Å². The molecular weight excluding hydrogens is 330 g/mol. The van der Waals surface area contributed by atoms with Crippen molar-refractivity contribution in [3.8, 4) is 11.5 Å². The fourth-order valence-corrected chi connectivity index (χ4v) is 3.32. The van der Waals surface area contributed by atoms with Crippen molar-refractivity contribution in [3.63, 3.8) is 0 Å². The largest absolute Gasteiger partial charge is 0.457 e. The number of benzene rings is 2. The van der Waals surface area contributed by atoms with Crippen molar-refractivity contribution < 1.29 is 4.74 Å². The molecular formula is C22H26ClNO. The Morgan fingerprint density at radius 3 is 2.20 bits per heavy atom. The standard InChI is InChI=1S/C22H26ClNO/c1-18(6-5-17-24-15-3-2-4-16-24)19-7-11-21(12-8-19)25-22-13-9-20(23)10-14-22/h6-14H,2-5,15-17H2,1H3. The van der Waals surface area contributed by atoms with Crippen LogP contribution in [-0.2, 0) is 0 Å². The van der Waals surface area contributed by atoms with E-state index in [9.17, 15) is 0 Å². The van der Waals surface area contributed by atoms with Crippen LogP contribution < -0.4 is 4.74 Å². The van der Waals surface area contributed by atoms with Gasteiger partial charge in [0.1, 0.15) is 11.5 Å². The molecule has 1 heterocycles. The first kappa shape index (κ1) is 18.0. The Kier molecular flexibility index (Phi) is 6.55. The first-order chi connectivity index (χ1) is 12.2. The van der Waals surface area contributed by atoms with Crippen LogP contribution >= 0.6 is 11.6 Å². The van der Waals surface area contributed by atoms with Gasteiger partial charge in [-0.1, -0.05) is 36.2 Å². The number of hydrogen-bond donors (Lipinski definition) is 0. The van der Waals surface area contributed by atoms with Crippen LogP contribution in [0.2, 0.25) is 5.02 Å². The van der Waals surface area contributed by atoms with Gasteiger partial charge in [-0.25, -0.2) is 0 Å². The molecule has 1 fully saturated rings. The van der Waals surface area contributed by atoms with Crippen molar-refractivity contribution in [3.05, 3.63) is 65.2 Å². The van der Waals surface area contributed by atoms with Crippen molar-refractivity contribution in [2.24, 2.45) is 0 Å². The van der Waals surface area contributed by atoms with Gasteiger partial charge in [0, 0.05) is 11.6 Å². The molecule has 1 aliphatic rings. The molecule has 0 bridgehead atoms. The Morgan fingerprint density at radius 1 is 0.960 bits per heavy atom. The van der Waals surface area contributed by atoms with Gasteiger partial charge in [0.2, 0.25) is 0 Å². The molecule has 3 rings (SSSR count). The summed E-state index contributed by atoms with van der Waals surface area (Å²) in [4.78, 5) is 2.58. The van der Waals surface area contributed by atoms with Crippen LogP contribution in [0.4, 0.5) is 0 Å². The minimum Gasteiger partial charge on any atom is -0.457 e. The third kappa shape index (κ3) is 5.62. The van der Waals surface area contributed by atoms with Crippen molar-refractivity contribution in [1.29, 1.82) is 0 Å². The zero-order valence-electron chi connectivity index (χ0n) is 14.9. The maximum atomic E-state index is 5.90. The van der Waals surface area contributed by atoms with Gasteiger partial charge in [-0.3, -0.25) is 0 Å². The van der Waals surface area contributed by atoms with E-state index in [2.05, 4.69) is 30.0 Å². The Hall–Kier alpha value is -1.77. The summed E-state index contributed by atoms with van der Waals surface area (Å²) < 4.78 is 5.84. The molecule has 1 aliphatic heterocycles. The zero-order valence-corrected chi connectivity index (χ0v) is 15.6. The predicted molar refractivity (Wildman–Crippen MR) is 107 cm³/mol. The third-order valence-corrected chi connectivity index (χ3v) is 4.96. The lowest BCUT2D eigenvalue weighted by atomic mass is 10.1. The second-order valence-electron chi connectivity index (χ2n) is 6.66. The van der Waals surface area contributed by atoms with E-state index in [1.807, 2.05) is 36.4 Å². The molecule has 0 amide bonds. The molecule has 2 aromatic rings. The highest BCUT2D eigenvalue weighted by Gasteiger charge is 2.08. The monoisotopic (exact) mass is 355 g/mol. The number of allylic oxidation sites excluding steroid dienone is 1. The van der Waals surface area contributed by atoms with Crippen molar-refractivity contribution >= 4 is 17.2 Å². The molecule has 0 radical (unpaired) electrons. The summed E-state index contributed by atoms with van der Waals surface area (Å²) >= 11 is 5.90. The van der Waals surface area contributed by atoms with E-state index in [-0.39, 0.29) is 0 Å². The summed E-state index contributed by atoms with van der Waals surface area (Å²) in [7, 11) is 0. The van der Waals surface area contributed by atoms with Gasteiger partial charge in [0.25, 0.3) is 0 Å². The van der Waals surface area contributed by atoms with Gasteiger partial charge in [0.05, 0.1) is 0 Å². The first-order valence-electron chi connectivity index (χ1n) is 9.14. The quantitative estimate of drug-likeness (QED) is 0.593. The molecule has 1 saturated heterocycles. The number of ether oxygens (including phenoxy) is 1. The number of nitrogens with zero attached hydrogens (tertiary/aromatic N) is 1. The van der Waals surface area contributed by atoms with Crippen molar-refractivity contribution in [2.75, 3.05) is 19.6 Å². The van der Waals surface area contributed by atoms with E-state index in [4.69, 9.17) is 16.3 Å². The van der Waals surface area contributed by atoms with Crippen LogP contribution in [0.5, 0.6) is 11.5 Å². The highest BCUT2D eigenvalue weighted by molar-refractivity contribution is 6.30. The van der Waals surface area contributed by atoms with E-state index < -0.39 is 0 Å². The smallest absolute Gasteiger partial charge is 0.127 e. The zero-order chi connectivity index (χ0) is 17.5. The molecule has 2 aromatic carbocycles. The van der Waals surface area contributed by atoms with Gasteiger partial charge in [-0.15, -0.1) is 0 Å². The maximum Gasteiger partial charge on any atom is 0.127 e. The summed E-state index contributed by atoms with van der Waals surface area (Å²) in [6, 6.07) is 15.7. The topological polar surface area (TPSA) is 12.5 Å². The van der Waals surface area contributed by atoms with Crippen LogP contribution in [-0.4, -0.2) is 24.5 Å². The van der Waals surface area contributed by atoms with Crippen LogP contribution in [0.25, 0.3) is 5.57 Å². The van der Waals surface area contributed by atoms with Gasteiger partial charge >= 0.3 is 0 Å². The molecule has 0 aromatic heterocycles. The second-order valence-corrected chi connectivity index (χ2v) is 7.09. The lowest BCUT2D eigenvalue weighted by Crippen LogP contribution is -2.30. The fraction of sp³-hybridized carbons (Fsp3) is 0.364. The van der Waals surface area contributed by atoms with Crippen LogP contribution in [0.3, 0.4) is 0 Å². The Bertz CT molecular complexity index is 685. The normalized spacial score (nSPS) is 16.0. The molecule has 0 aliphatic carbocycles. The van der Waals surface area contributed by atoms with E-state index >= 15 is 0 Å². The number of rotatable bonds is 6. The lowest BCUT2D eigenvalue weighted by Gasteiger charge is -2.25. The molecule has 25 heavy (non-hydrogen) atoms. The average Bonchev–Trinajstić information content (AvgIpc) is 2.65. The Labute approximate surface area is 156 Å². The van der Waals surface area contributed by atoms with E-state index in [1.54, 1.807) is 0 Å². The van der Waals surface area contributed by atoms with Crippen molar-refractivity contribution in [2.45, 2.75) is 32.6 Å². The van der Waals surface area contributed by atoms with Crippen molar-refractivity contribution in [1.82, 2.24) is 4.90 Å². The lowest BCUT2D eigenvalue weighted by molar-refractivity contribution is 0.233. The van der Waals surface area contributed by atoms with E-state index in [1.165, 1.54) is 50.0 Å². The minimum absolute atomic E-state index is 0.716. The summed E-state index contributed by atoms with van der Waals surface area (Å²) in [5.74, 6) is 1.64. The molecule has 0 N–H and O–H groups in total. The summed E-state index contributed by atoms with van der Waals surface area (Å²) in [5.41, 5.74) is 2.58. The minimum atomic E-state index is 0.716. The number of halogens is 1. The summed E-state index contributed by atoms with van der Waals surface area (Å²) in [6.45, 7) is 5.90. The van der Waals surface area contributed by atoms with Gasteiger partial charge in [-0.05, 0) is 86.8 Å². The van der Waals surface area contributed by atoms with E-state index in [0.717, 1.165) is 17.9 Å². The summed E-state index contributed by atoms with van der Waals surface area (Å²) in [5, 5.41) is 0.716. The molecule has 2 nitrogen and oxygen atoms in total. The summed E-state index contributed by atoms with van der Waals surface area (Å²) in [6.07, 6.45) is 7.59. The van der Waals surface area contributed by atoms with Crippen LogP contribution in [0, 0.1) is 0 Å². The molecule has 3 heteroatoms. The fourth-order valence-electron chi connectivity index (χ4n) is 3.19. The van der Waals surface area contributed by atoms with Gasteiger partial charge in [0.15, 0.2) is 0 Å². The van der Waals surface area contributed by atoms with Gasteiger partial charge < -0.3 is 9.64 Å². The van der Waals surface area contributed by atoms with E-state index in [0.29, 0.717) is 5.02 Å². The van der Waals surface area contributed by atoms with Crippen LogP contribution in [0.15, 0.2) is 54.6 Å². The molecule has 0 atom stereocenters. The Balaban J connectivity index is 1.53. The molecule has 0 saturated carbocycles. The molecule has 132 valence electrons. The maximum absolute atomic E-state index is 5.90.